The van der Waals surface area contributed by atoms with Gasteiger partial charge in [-0.15, -0.1) is 0 Å². The first-order valence-corrected chi connectivity index (χ1v) is 6.20. The maximum absolute atomic E-state index is 11.1. The van der Waals surface area contributed by atoms with Crippen molar-refractivity contribution >= 4 is 11.3 Å². The smallest absolute Gasteiger partial charge is 0.264 e. The van der Waals surface area contributed by atoms with Crippen molar-refractivity contribution in [3.05, 3.63) is 54.1 Å². The molecule has 0 amide bonds. The molecule has 0 saturated heterocycles. The van der Waals surface area contributed by atoms with Crippen LogP contribution in [0.3, 0.4) is 0 Å². The van der Waals surface area contributed by atoms with Gasteiger partial charge in [0.1, 0.15) is 0 Å². The SMILES string of the molecule is C/C(C[N+](=O)[O-])=C(/C)c1cc([N+](=O)[O-])c(C)c(C)c1C. The average Bonchev–Trinajstić information content (AvgIpc) is 2.34. The Hall–Kier alpha value is -2.24. The summed E-state index contributed by atoms with van der Waals surface area (Å²) >= 11 is 0. The van der Waals surface area contributed by atoms with Gasteiger partial charge in [0.2, 0.25) is 6.54 Å². The summed E-state index contributed by atoms with van der Waals surface area (Å²) in [6, 6.07) is 1.51. The molecular weight excluding hydrogens is 260 g/mol. The minimum Gasteiger partial charge on any atom is -0.264 e. The van der Waals surface area contributed by atoms with E-state index in [0.29, 0.717) is 16.7 Å². The van der Waals surface area contributed by atoms with E-state index in [1.54, 1.807) is 20.8 Å². The van der Waals surface area contributed by atoms with Gasteiger partial charge < -0.3 is 0 Å². The third kappa shape index (κ3) is 3.01. The highest BCUT2D eigenvalue weighted by Gasteiger charge is 2.19. The number of benzene rings is 1. The van der Waals surface area contributed by atoms with Crippen molar-refractivity contribution in [1.29, 1.82) is 0 Å². The van der Waals surface area contributed by atoms with Crippen LogP contribution in [0.1, 0.15) is 36.1 Å². The van der Waals surface area contributed by atoms with Crippen molar-refractivity contribution in [2.75, 3.05) is 6.54 Å². The Labute approximate surface area is 117 Å². The van der Waals surface area contributed by atoms with Crippen LogP contribution < -0.4 is 0 Å². The molecule has 6 nitrogen and oxygen atoms in total. The highest BCUT2D eigenvalue weighted by atomic mass is 16.6. The van der Waals surface area contributed by atoms with E-state index in [1.807, 2.05) is 13.8 Å². The number of hydrogen-bond acceptors (Lipinski definition) is 4. The van der Waals surface area contributed by atoms with E-state index in [-0.39, 0.29) is 12.2 Å². The molecule has 20 heavy (non-hydrogen) atoms. The van der Waals surface area contributed by atoms with Crippen LogP contribution in [-0.4, -0.2) is 16.4 Å². The number of nitro benzene ring substituents is 1. The predicted molar refractivity (Wildman–Crippen MR) is 77.4 cm³/mol. The van der Waals surface area contributed by atoms with Gasteiger partial charge in [-0.2, -0.15) is 0 Å². The van der Waals surface area contributed by atoms with Crippen molar-refractivity contribution < 1.29 is 9.85 Å². The molecule has 0 aliphatic heterocycles. The zero-order valence-electron chi connectivity index (χ0n) is 12.3. The largest absolute Gasteiger partial charge is 0.273 e. The summed E-state index contributed by atoms with van der Waals surface area (Å²) in [6.45, 7) is 8.61. The molecule has 1 rings (SSSR count). The highest BCUT2D eigenvalue weighted by Crippen LogP contribution is 2.32. The van der Waals surface area contributed by atoms with Gasteiger partial charge in [0.25, 0.3) is 5.69 Å². The first kappa shape index (κ1) is 15.8. The highest BCUT2D eigenvalue weighted by molar-refractivity contribution is 5.73. The molecule has 0 aliphatic rings. The standard InChI is InChI=1S/C14H18N2O4/c1-8(7-15(17)18)9(2)13-6-14(16(19)20)12(5)10(3)11(13)4/h6H,7H2,1-5H3/b9-8+. The van der Waals surface area contributed by atoms with Gasteiger partial charge in [0.05, 0.1) is 4.92 Å². The summed E-state index contributed by atoms with van der Waals surface area (Å²) in [4.78, 5) is 20.9. The molecule has 0 fully saturated rings. The van der Waals surface area contributed by atoms with Crippen LogP contribution in [-0.2, 0) is 0 Å². The Morgan fingerprint density at radius 2 is 1.60 bits per heavy atom. The lowest BCUT2D eigenvalue weighted by Crippen LogP contribution is -2.05. The molecule has 0 N–H and O–H groups in total. The Kier molecular flexibility index (Phi) is 4.60. The summed E-state index contributed by atoms with van der Waals surface area (Å²) in [7, 11) is 0. The van der Waals surface area contributed by atoms with Gasteiger partial charge in [-0.05, 0) is 56.9 Å². The number of rotatable bonds is 4. The van der Waals surface area contributed by atoms with E-state index in [9.17, 15) is 20.2 Å². The first-order valence-electron chi connectivity index (χ1n) is 6.20. The van der Waals surface area contributed by atoms with E-state index < -0.39 is 9.85 Å². The molecule has 0 aromatic heterocycles. The van der Waals surface area contributed by atoms with Gasteiger partial charge in [-0.25, -0.2) is 0 Å². The monoisotopic (exact) mass is 278 g/mol. The topological polar surface area (TPSA) is 86.3 Å². The van der Waals surface area contributed by atoms with Crippen molar-refractivity contribution in [2.45, 2.75) is 34.6 Å². The lowest BCUT2D eigenvalue weighted by molar-refractivity contribution is -0.470. The van der Waals surface area contributed by atoms with Crippen molar-refractivity contribution in [1.82, 2.24) is 0 Å². The van der Waals surface area contributed by atoms with E-state index in [0.717, 1.165) is 16.7 Å². The number of allylic oxidation sites excluding steroid dienone is 1. The molecule has 6 heteroatoms. The van der Waals surface area contributed by atoms with Gasteiger partial charge in [0.15, 0.2) is 0 Å². The normalized spacial score (nSPS) is 12.1. The summed E-state index contributed by atoms with van der Waals surface area (Å²) in [5, 5.41) is 21.7. The van der Waals surface area contributed by atoms with Crippen molar-refractivity contribution in [3.8, 4) is 0 Å². The minimum absolute atomic E-state index is 0.0522. The van der Waals surface area contributed by atoms with E-state index in [1.165, 1.54) is 6.07 Å². The minimum atomic E-state index is -0.415. The third-order valence-electron chi connectivity index (χ3n) is 3.80. The maximum atomic E-state index is 11.1. The van der Waals surface area contributed by atoms with Gasteiger partial charge >= 0.3 is 0 Å². The zero-order valence-corrected chi connectivity index (χ0v) is 12.3. The Balaban J connectivity index is 3.53. The van der Waals surface area contributed by atoms with Crippen LogP contribution in [0.2, 0.25) is 0 Å². The molecule has 1 aromatic rings. The lowest BCUT2D eigenvalue weighted by atomic mass is 9.91. The average molecular weight is 278 g/mol. The van der Waals surface area contributed by atoms with Crippen LogP contribution in [0.4, 0.5) is 5.69 Å². The third-order valence-corrected chi connectivity index (χ3v) is 3.80. The number of nitro groups is 2. The van der Waals surface area contributed by atoms with Crippen LogP contribution >= 0.6 is 0 Å². The molecule has 0 unspecified atom stereocenters. The molecule has 0 spiro atoms. The molecule has 0 aliphatic carbocycles. The van der Waals surface area contributed by atoms with E-state index in [2.05, 4.69) is 0 Å². The van der Waals surface area contributed by atoms with Crippen molar-refractivity contribution in [2.24, 2.45) is 0 Å². The summed E-state index contributed by atoms with van der Waals surface area (Å²) in [5.74, 6) is 0. The number of nitrogens with zero attached hydrogens (tertiary/aromatic N) is 2. The molecule has 0 bridgehead atoms. The maximum Gasteiger partial charge on any atom is 0.273 e. The van der Waals surface area contributed by atoms with Crippen LogP contribution in [0.25, 0.3) is 5.57 Å². The quantitative estimate of drug-likeness (QED) is 0.622. The predicted octanol–water partition coefficient (Wildman–Crippen LogP) is 3.59. The molecule has 108 valence electrons. The Bertz CT molecular complexity index is 618. The van der Waals surface area contributed by atoms with E-state index >= 15 is 0 Å². The fourth-order valence-corrected chi connectivity index (χ4v) is 2.15. The molecule has 1 aromatic carbocycles. The Morgan fingerprint density at radius 3 is 2.05 bits per heavy atom. The fraction of sp³-hybridized carbons (Fsp3) is 0.429. The first-order chi connectivity index (χ1) is 9.16. The van der Waals surface area contributed by atoms with Gasteiger partial charge in [-0.1, -0.05) is 0 Å². The molecular formula is C14H18N2O4. The molecule has 0 radical (unpaired) electrons. The van der Waals surface area contributed by atoms with Crippen LogP contribution in [0.5, 0.6) is 0 Å². The number of hydrogen-bond donors (Lipinski definition) is 0. The molecule has 0 heterocycles. The fourth-order valence-electron chi connectivity index (χ4n) is 2.15. The van der Waals surface area contributed by atoms with Gasteiger partial charge in [-0.3, -0.25) is 20.2 Å². The zero-order chi connectivity index (χ0) is 15.6. The molecule has 0 atom stereocenters. The van der Waals surface area contributed by atoms with Gasteiger partial charge in [0, 0.05) is 22.1 Å². The summed E-state index contributed by atoms with van der Waals surface area (Å²) in [6.07, 6.45) is 0. The lowest BCUT2D eigenvalue weighted by Gasteiger charge is -2.13. The Morgan fingerprint density at radius 1 is 1.05 bits per heavy atom. The summed E-state index contributed by atoms with van der Waals surface area (Å²) < 4.78 is 0. The second kappa shape index (κ2) is 5.81. The van der Waals surface area contributed by atoms with Crippen molar-refractivity contribution in [3.63, 3.8) is 0 Å². The second-order valence-electron chi connectivity index (χ2n) is 4.97. The van der Waals surface area contributed by atoms with Crippen LogP contribution in [0.15, 0.2) is 11.6 Å². The van der Waals surface area contributed by atoms with E-state index in [4.69, 9.17) is 0 Å². The van der Waals surface area contributed by atoms with Crippen LogP contribution in [0, 0.1) is 41.0 Å². The molecule has 0 saturated carbocycles. The summed E-state index contributed by atoms with van der Waals surface area (Å²) in [5.41, 5.74) is 4.50. The second-order valence-corrected chi connectivity index (χ2v) is 4.97.